The summed E-state index contributed by atoms with van der Waals surface area (Å²) in [6.07, 6.45) is 8.29. The van der Waals surface area contributed by atoms with E-state index in [1.807, 2.05) is 82.2 Å². The summed E-state index contributed by atoms with van der Waals surface area (Å²) in [5.74, 6) is -4.81. The molecule has 17 rings (SSSR count). The predicted octanol–water partition coefficient (Wildman–Crippen LogP) is 14.7. The molecule has 7 N–H and O–H groups in total. The van der Waals surface area contributed by atoms with E-state index >= 15 is 0 Å². The van der Waals surface area contributed by atoms with Gasteiger partial charge in [-0.25, -0.2) is 0 Å². The van der Waals surface area contributed by atoms with Crippen molar-refractivity contribution in [2.24, 2.45) is 55.7 Å². The topological polar surface area (TPSA) is 388 Å². The number of rotatable bonds is 19. The van der Waals surface area contributed by atoms with Crippen LogP contribution >= 0.6 is 0 Å². The minimum atomic E-state index is -4.10. The largest absolute Gasteiger partial charge is 0.504 e. The molecule has 9 aliphatic carbocycles. The summed E-state index contributed by atoms with van der Waals surface area (Å²) in [5, 5.41) is 71.1. The molecule has 8 fully saturated rings. The number of aromatic hydroxyl groups is 2. The SMILES string of the molecule is COC12OC/C(C)=C(/C)CCC(C)C(=CC(OS(=O)(=O)c3ccc(C)cc3)=C1C)C2=O.COC12OCC3(C)C4(C)CC[C@H](C)C4(C=C(OS(=O)(=O)c4ccc(C)cc4)C13C)C2=O.COc1c(C)c(OS(=O)(=O)c2ccc(C)cc2)cc(C(C)CC/C(C)=C(/C)CO)c1O.COc1cc(CO)ccc1O.C[C@H]1CCC2(O)C13CC(=O)C1(C)C(O)(OCC21C)C3O. The summed E-state index contributed by atoms with van der Waals surface area (Å²) in [5.41, 5.74) is 2.32. The summed E-state index contributed by atoms with van der Waals surface area (Å²) in [6, 6.07) is 25.7. The first kappa shape index (κ1) is 96.5. The molecule has 29 heteroatoms. The Kier molecular flexibility index (Phi) is 26.8. The van der Waals surface area contributed by atoms with E-state index in [0.29, 0.717) is 41.9 Å². The van der Waals surface area contributed by atoms with Gasteiger partial charge in [0.25, 0.3) is 5.79 Å². The van der Waals surface area contributed by atoms with E-state index in [2.05, 4.69) is 27.7 Å². The number of fused-ring (bicyclic) bond motifs is 3. The highest BCUT2D eigenvalue weighted by atomic mass is 32.2. The number of aliphatic hydroxyl groups is 5. The third-order valence-corrected chi connectivity index (χ3v) is 34.4. The van der Waals surface area contributed by atoms with Gasteiger partial charge in [-0.1, -0.05) is 119 Å². The van der Waals surface area contributed by atoms with Crippen molar-refractivity contribution < 1.29 is 121 Å². The van der Waals surface area contributed by atoms with E-state index in [1.165, 1.54) is 70.4 Å². The Morgan fingerprint density at radius 1 is 0.605 bits per heavy atom. The molecule has 5 aromatic rings. The van der Waals surface area contributed by atoms with Gasteiger partial charge in [0.2, 0.25) is 23.1 Å². The monoisotopic (exact) mass is 1780 g/mol. The van der Waals surface area contributed by atoms with Crippen LogP contribution in [0.15, 0.2) is 169 Å². The first-order chi connectivity index (χ1) is 57.8. The Labute approximate surface area is 730 Å². The molecule has 0 aromatic heterocycles. The van der Waals surface area contributed by atoms with Crippen LogP contribution in [0.5, 0.6) is 28.7 Å². The van der Waals surface area contributed by atoms with E-state index in [9.17, 15) is 65.2 Å². The van der Waals surface area contributed by atoms with Gasteiger partial charge in [0.1, 0.15) is 43.8 Å². The molecule has 12 aliphatic rings. The van der Waals surface area contributed by atoms with Crippen LogP contribution in [-0.4, -0.2) is 162 Å². The second kappa shape index (κ2) is 34.5. The Morgan fingerprint density at radius 2 is 1.15 bits per heavy atom. The molecule has 26 nitrogen and oxygen atoms in total. The highest BCUT2D eigenvalue weighted by Crippen LogP contribution is 2.84. The predicted molar refractivity (Wildman–Crippen MR) is 462 cm³/mol. The van der Waals surface area contributed by atoms with Crippen molar-refractivity contribution in [2.45, 2.75) is 239 Å². The van der Waals surface area contributed by atoms with Crippen LogP contribution in [0.4, 0.5) is 0 Å². The molecule has 16 atom stereocenters. The highest BCUT2D eigenvalue weighted by Gasteiger charge is 2.92. The number of aliphatic hydroxyl groups excluding tert-OH is 3. The molecule has 2 spiro atoms. The molecule has 6 saturated carbocycles. The molecular weight excluding hydrogens is 1650 g/mol. The van der Waals surface area contributed by atoms with Gasteiger partial charge in [0.05, 0.1) is 69.1 Å². The van der Waals surface area contributed by atoms with E-state index in [0.717, 1.165) is 77.5 Å². The van der Waals surface area contributed by atoms with Crippen molar-refractivity contribution in [3.63, 3.8) is 0 Å². The molecule has 14 unspecified atom stereocenters. The van der Waals surface area contributed by atoms with Crippen LogP contribution in [0.1, 0.15) is 194 Å². The Balaban J connectivity index is 0.000000156. The zero-order chi connectivity index (χ0) is 92.0. The fraction of sp³-hybridized carbons (Fsp3) is 0.547. The molecule has 0 amide bonds. The maximum absolute atomic E-state index is 14.1. The maximum atomic E-state index is 14.1. The quantitative estimate of drug-likeness (QED) is 0.0298. The van der Waals surface area contributed by atoms with Gasteiger partial charge in [-0.3, -0.25) is 14.4 Å². The molecule has 678 valence electrons. The Bertz CT molecular complexity index is 5520. The lowest BCUT2D eigenvalue weighted by Crippen LogP contribution is -2.83. The van der Waals surface area contributed by atoms with Crippen molar-refractivity contribution in [3.8, 4) is 28.7 Å². The average Bonchev–Trinajstić information content (AvgIpc) is 1.51. The van der Waals surface area contributed by atoms with E-state index in [-0.39, 0.29) is 134 Å². The minimum absolute atomic E-state index is 0.0126. The van der Waals surface area contributed by atoms with Gasteiger partial charge < -0.3 is 81.5 Å². The fourth-order valence-corrected chi connectivity index (χ4v) is 24.3. The standard InChI is InChI=1S/2C24H30O6S.C24H32O6S.C15H22O5.C8H10O3/c1-15-7-9-17(10-8-15)31(26,27)30-18-13-23-16(2)11-12-20(23,3)21(4)14-29-24(28-6,19(23)25)22(18,21)5;1-15-7-11-20(12-8-15)31(26,27)30-22-13-21-17(3)10-9-16(2)18(4)14-29-24(28-6,19(22)5)23(21)25;1-15-7-11-20(12-8-15)31(27,28)30-22-13-21(23(26)24(29-6)19(22)5)17(3)10-9-16(2)18(4)14-25;1-8-4-5-14(18)11(2)7-20-15(19)10(17)13(8,14)6-9(16)12(11,15)3;1-11-8-4-6(5-9)2-3-7(8)10/h7-10,13,16H,11-12,14H2,1-6H3;7-8,11-13,17H,9-10,14H2,1-6H3;7-8,11-13,17,25-26H,9-10,14H2,1-6H3;8,10,17-19H,4-7H2,1-3H3;2-4,9-10H,5H2,1H3/b;2*18-16-;;/t16-,20?,21?,22?,23?,24?;;;8-,10?,11?,12?,13?,14?,15?;/m0..0./s1. The van der Waals surface area contributed by atoms with Crippen LogP contribution in [0, 0.1) is 83.4 Å². The number of hydrogen-bond donors (Lipinski definition) is 7. The second-order valence-electron chi connectivity index (χ2n) is 36.7. The van der Waals surface area contributed by atoms with Gasteiger partial charge >= 0.3 is 30.4 Å². The van der Waals surface area contributed by atoms with Crippen LogP contribution in [0.3, 0.4) is 0 Å². The number of Topliss-reactive ketones (excluding diaryl/α,β-unsaturated/α-hetero) is 3. The number of phenols is 2. The summed E-state index contributed by atoms with van der Waals surface area (Å²) in [6.45, 7) is 34.9. The lowest BCUT2D eigenvalue weighted by atomic mass is 9.34. The van der Waals surface area contributed by atoms with Crippen LogP contribution in [0.25, 0.3) is 0 Å². The van der Waals surface area contributed by atoms with Crippen LogP contribution < -0.4 is 13.7 Å². The number of carbonyl (C=O) groups excluding carboxylic acids is 3. The summed E-state index contributed by atoms with van der Waals surface area (Å²) in [4.78, 5) is 40.5. The van der Waals surface area contributed by atoms with Crippen LogP contribution in [-0.2, 0) is 83.4 Å². The molecule has 5 aromatic carbocycles. The van der Waals surface area contributed by atoms with Crippen molar-refractivity contribution in [2.75, 3.05) is 54.9 Å². The lowest BCUT2D eigenvalue weighted by molar-refractivity contribution is -0.368. The number of methoxy groups -OCH3 is 4. The summed E-state index contributed by atoms with van der Waals surface area (Å²) >= 11 is 0. The number of allylic oxidation sites excluding steroid dienone is 4. The molecule has 3 aliphatic heterocycles. The van der Waals surface area contributed by atoms with E-state index < -0.39 is 91.9 Å². The van der Waals surface area contributed by atoms with Gasteiger partial charge in [0.15, 0.2) is 23.0 Å². The van der Waals surface area contributed by atoms with Gasteiger partial charge in [0, 0.05) is 59.2 Å². The molecule has 2 saturated heterocycles. The number of ether oxygens (including phenoxy) is 7. The van der Waals surface area contributed by atoms with Gasteiger partial charge in [-0.05, 0) is 240 Å². The summed E-state index contributed by atoms with van der Waals surface area (Å²) < 4.78 is 134. The third-order valence-electron chi connectivity index (χ3n) is 30.7. The summed E-state index contributed by atoms with van der Waals surface area (Å²) in [7, 11) is -6.50. The zero-order valence-corrected chi connectivity index (χ0v) is 77.7. The molecule has 0 radical (unpaired) electrons. The third kappa shape index (κ3) is 14.7. The molecule has 124 heavy (non-hydrogen) atoms. The second-order valence-corrected chi connectivity index (χ2v) is 41.3. The van der Waals surface area contributed by atoms with Crippen molar-refractivity contribution in [3.05, 3.63) is 188 Å². The molecule has 10 bridgehead atoms. The lowest BCUT2D eigenvalue weighted by Gasteiger charge is -2.69. The van der Waals surface area contributed by atoms with Crippen LogP contribution in [0.2, 0.25) is 0 Å². The minimum Gasteiger partial charge on any atom is -0.504 e. The number of phenolic OH excluding ortho intramolecular Hbond substituents is 2. The first-order valence-corrected chi connectivity index (χ1v) is 46.3. The van der Waals surface area contributed by atoms with E-state index in [4.69, 9.17) is 55.9 Å². The van der Waals surface area contributed by atoms with E-state index in [1.54, 1.807) is 87.5 Å². The smallest absolute Gasteiger partial charge is 0.339 e. The molecule has 3 heterocycles. The van der Waals surface area contributed by atoms with Gasteiger partial charge in [-0.2, -0.15) is 25.3 Å². The Hall–Kier alpha value is -8.14. The number of aryl methyl sites for hydroxylation is 3. The number of carbonyl (C=O) groups is 3. The van der Waals surface area contributed by atoms with Crippen molar-refractivity contribution in [1.29, 1.82) is 0 Å². The average molecular weight is 1780 g/mol. The normalized spacial score (nSPS) is 33.5. The molecular formula is C95H124O26S3. The number of ketones is 3. The van der Waals surface area contributed by atoms with Crippen molar-refractivity contribution in [1.82, 2.24) is 0 Å². The fourth-order valence-electron chi connectivity index (χ4n) is 21.4. The number of hydrogen-bond acceptors (Lipinski definition) is 26. The highest BCUT2D eigenvalue weighted by molar-refractivity contribution is 7.87. The first-order valence-electron chi connectivity index (χ1n) is 42.0. The van der Waals surface area contributed by atoms with Gasteiger partial charge in [-0.15, -0.1) is 0 Å². The maximum Gasteiger partial charge on any atom is 0.339 e. The zero-order valence-electron chi connectivity index (χ0n) is 75.3. The Morgan fingerprint density at radius 3 is 1.69 bits per heavy atom. The van der Waals surface area contributed by atoms with Crippen molar-refractivity contribution >= 4 is 47.7 Å². The number of benzene rings is 5.